The number of hydrogen-bond donors (Lipinski definition) is 3. The number of nitrogens with two attached hydrogens (primary N) is 1. The molecule has 0 bridgehead atoms. The van der Waals surface area contributed by atoms with Gasteiger partial charge in [-0.25, -0.2) is 0 Å². The van der Waals surface area contributed by atoms with E-state index in [0.29, 0.717) is 44.9 Å². The molecule has 0 aromatic rings. The van der Waals surface area contributed by atoms with Gasteiger partial charge in [-0.15, -0.1) is 0 Å². The maximum absolute atomic E-state index is 12.1. The minimum absolute atomic E-state index is 0.00736. The lowest BCUT2D eigenvalue weighted by Gasteiger charge is -2.36. The van der Waals surface area contributed by atoms with Crippen LogP contribution in [-0.4, -0.2) is 42.9 Å². The van der Waals surface area contributed by atoms with Crippen LogP contribution in [0, 0.1) is 11.8 Å². The monoisotopic (exact) mass is 272 g/mol. The van der Waals surface area contributed by atoms with Gasteiger partial charge < -0.3 is 20.9 Å². The SMILES string of the molecule is CC(C)CC(CN)CC(=O)NC1(CO)CCOCC1. The molecule has 4 N–H and O–H groups in total. The van der Waals surface area contributed by atoms with Gasteiger partial charge >= 0.3 is 0 Å². The van der Waals surface area contributed by atoms with E-state index in [-0.39, 0.29) is 18.4 Å². The molecule has 1 saturated heterocycles. The Balaban J connectivity index is 2.47. The Labute approximate surface area is 115 Å². The van der Waals surface area contributed by atoms with Crippen molar-refractivity contribution in [3.05, 3.63) is 0 Å². The fourth-order valence-corrected chi connectivity index (χ4v) is 2.62. The van der Waals surface area contributed by atoms with Crippen molar-refractivity contribution in [3.63, 3.8) is 0 Å². The summed E-state index contributed by atoms with van der Waals surface area (Å²) in [6, 6.07) is 0. The number of carbonyl (C=O) groups excluding carboxylic acids is 1. The van der Waals surface area contributed by atoms with Crippen molar-refractivity contribution in [2.75, 3.05) is 26.4 Å². The van der Waals surface area contributed by atoms with Gasteiger partial charge in [-0.3, -0.25) is 4.79 Å². The molecule has 0 aliphatic carbocycles. The lowest BCUT2D eigenvalue weighted by atomic mass is 9.89. The number of aliphatic hydroxyl groups is 1. The molecule has 0 aromatic heterocycles. The number of ether oxygens (including phenoxy) is 1. The van der Waals surface area contributed by atoms with Gasteiger partial charge in [0.1, 0.15) is 0 Å². The number of hydrogen-bond acceptors (Lipinski definition) is 4. The van der Waals surface area contributed by atoms with Gasteiger partial charge in [-0.2, -0.15) is 0 Å². The van der Waals surface area contributed by atoms with E-state index in [1.54, 1.807) is 0 Å². The highest BCUT2D eigenvalue weighted by atomic mass is 16.5. The number of amides is 1. The molecule has 112 valence electrons. The van der Waals surface area contributed by atoms with Crippen LogP contribution >= 0.6 is 0 Å². The second kappa shape index (κ2) is 7.82. The fraction of sp³-hybridized carbons (Fsp3) is 0.929. The van der Waals surface area contributed by atoms with E-state index in [1.165, 1.54) is 0 Å². The topological polar surface area (TPSA) is 84.6 Å². The third kappa shape index (κ3) is 5.47. The molecule has 1 atom stereocenters. The van der Waals surface area contributed by atoms with Crippen molar-refractivity contribution in [1.29, 1.82) is 0 Å². The van der Waals surface area contributed by atoms with E-state index >= 15 is 0 Å². The highest BCUT2D eigenvalue weighted by Crippen LogP contribution is 2.21. The normalized spacial score (nSPS) is 20.3. The molecule has 0 spiro atoms. The quantitative estimate of drug-likeness (QED) is 0.635. The largest absolute Gasteiger partial charge is 0.394 e. The van der Waals surface area contributed by atoms with Crippen LogP contribution in [0.3, 0.4) is 0 Å². The Morgan fingerprint density at radius 2 is 2.05 bits per heavy atom. The molecule has 1 aliphatic rings. The van der Waals surface area contributed by atoms with Crippen LogP contribution < -0.4 is 11.1 Å². The van der Waals surface area contributed by atoms with Gasteiger partial charge in [0.2, 0.25) is 5.91 Å². The molecule has 0 radical (unpaired) electrons. The molecule has 1 heterocycles. The Morgan fingerprint density at radius 1 is 1.42 bits per heavy atom. The Morgan fingerprint density at radius 3 is 2.53 bits per heavy atom. The second-order valence-electron chi connectivity index (χ2n) is 6.03. The summed E-state index contributed by atoms with van der Waals surface area (Å²) in [4.78, 5) is 12.1. The molecule has 1 rings (SSSR count). The summed E-state index contributed by atoms with van der Waals surface area (Å²) in [6.07, 6.45) is 2.75. The van der Waals surface area contributed by atoms with Crippen molar-refractivity contribution < 1.29 is 14.6 Å². The zero-order valence-corrected chi connectivity index (χ0v) is 12.2. The first-order valence-electron chi connectivity index (χ1n) is 7.21. The van der Waals surface area contributed by atoms with Crippen LogP contribution in [0.1, 0.15) is 39.5 Å². The molecular formula is C14H28N2O3. The van der Waals surface area contributed by atoms with E-state index in [9.17, 15) is 9.90 Å². The van der Waals surface area contributed by atoms with Gasteiger partial charge in [0.05, 0.1) is 12.1 Å². The summed E-state index contributed by atoms with van der Waals surface area (Å²) in [6.45, 7) is 5.95. The third-order valence-electron chi connectivity index (χ3n) is 3.77. The summed E-state index contributed by atoms with van der Waals surface area (Å²) in [5.74, 6) is 0.749. The van der Waals surface area contributed by atoms with Crippen LogP contribution in [0.2, 0.25) is 0 Å². The maximum Gasteiger partial charge on any atom is 0.220 e. The Hall–Kier alpha value is -0.650. The van der Waals surface area contributed by atoms with Gasteiger partial charge in [-0.1, -0.05) is 13.8 Å². The van der Waals surface area contributed by atoms with E-state index in [4.69, 9.17) is 10.5 Å². The summed E-state index contributed by atoms with van der Waals surface area (Å²) in [7, 11) is 0. The minimum Gasteiger partial charge on any atom is -0.394 e. The molecule has 0 aromatic carbocycles. The van der Waals surface area contributed by atoms with Gasteiger partial charge in [0.25, 0.3) is 0 Å². The lowest BCUT2D eigenvalue weighted by molar-refractivity contribution is -0.126. The van der Waals surface area contributed by atoms with E-state index in [0.717, 1.165) is 6.42 Å². The highest BCUT2D eigenvalue weighted by Gasteiger charge is 2.33. The van der Waals surface area contributed by atoms with Crippen LogP contribution in [-0.2, 0) is 9.53 Å². The van der Waals surface area contributed by atoms with E-state index in [2.05, 4.69) is 19.2 Å². The number of aliphatic hydroxyl groups excluding tert-OH is 1. The molecule has 1 amide bonds. The summed E-state index contributed by atoms with van der Waals surface area (Å²) >= 11 is 0. The van der Waals surface area contributed by atoms with Crippen molar-refractivity contribution in [1.82, 2.24) is 5.32 Å². The van der Waals surface area contributed by atoms with Crippen molar-refractivity contribution in [2.24, 2.45) is 17.6 Å². The minimum atomic E-state index is -0.494. The smallest absolute Gasteiger partial charge is 0.220 e. The number of rotatable bonds is 7. The van der Waals surface area contributed by atoms with Crippen LogP contribution in [0.15, 0.2) is 0 Å². The average Bonchev–Trinajstić information content (AvgIpc) is 2.38. The molecule has 5 nitrogen and oxygen atoms in total. The molecule has 1 unspecified atom stereocenters. The first-order chi connectivity index (χ1) is 9.01. The van der Waals surface area contributed by atoms with Crippen LogP contribution in [0.4, 0.5) is 0 Å². The molecule has 5 heteroatoms. The molecule has 19 heavy (non-hydrogen) atoms. The molecule has 1 fully saturated rings. The number of nitrogens with one attached hydrogen (secondary N) is 1. The van der Waals surface area contributed by atoms with Gasteiger partial charge in [0.15, 0.2) is 0 Å². The van der Waals surface area contributed by atoms with Crippen molar-refractivity contribution in [3.8, 4) is 0 Å². The first kappa shape index (κ1) is 16.4. The van der Waals surface area contributed by atoms with Crippen molar-refractivity contribution in [2.45, 2.75) is 45.1 Å². The standard InChI is InChI=1S/C14H28N2O3/c1-11(2)7-12(9-15)8-13(18)16-14(10-17)3-5-19-6-4-14/h11-12,17H,3-10,15H2,1-2H3,(H,16,18). The van der Waals surface area contributed by atoms with Gasteiger partial charge in [0, 0.05) is 19.6 Å². The van der Waals surface area contributed by atoms with E-state index < -0.39 is 5.54 Å². The predicted octanol–water partition coefficient (Wildman–Crippen LogP) is 0.655. The maximum atomic E-state index is 12.1. The second-order valence-corrected chi connectivity index (χ2v) is 6.03. The molecule has 1 aliphatic heterocycles. The van der Waals surface area contributed by atoms with Crippen LogP contribution in [0.5, 0.6) is 0 Å². The van der Waals surface area contributed by atoms with Gasteiger partial charge in [-0.05, 0) is 37.6 Å². The summed E-state index contributed by atoms with van der Waals surface area (Å²) in [5.41, 5.74) is 5.22. The zero-order chi connectivity index (χ0) is 14.3. The lowest BCUT2D eigenvalue weighted by Crippen LogP contribution is -2.55. The Bertz CT molecular complexity index is 276. The predicted molar refractivity (Wildman–Crippen MR) is 74.6 cm³/mol. The summed E-state index contributed by atoms with van der Waals surface area (Å²) < 4.78 is 5.28. The first-order valence-corrected chi connectivity index (χ1v) is 7.21. The van der Waals surface area contributed by atoms with Crippen LogP contribution in [0.25, 0.3) is 0 Å². The Kier molecular flexibility index (Phi) is 6.75. The van der Waals surface area contributed by atoms with E-state index in [1.807, 2.05) is 0 Å². The van der Waals surface area contributed by atoms with Crippen molar-refractivity contribution >= 4 is 5.91 Å². The third-order valence-corrected chi connectivity index (χ3v) is 3.77. The summed E-state index contributed by atoms with van der Waals surface area (Å²) in [5, 5.41) is 12.5. The average molecular weight is 272 g/mol. The molecule has 0 saturated carbocycles. The fourth-order valence-electron chi connectivity index (χ4n) is 2.62. The molecular weight excluding hydrogens is 244 g/mol. The number of carbonyl (C=O) groups is 1. The zero-order valence-electron chi connectivity index (χ0n) is 12.2. The highest BCUT2D eigenvalue weighted by molar-refractivity contribution is 5.77.